The molecule has 0 saturated carbocycles. The highest BCUT2D eigenvalue weighted by molar-refractivity contribution is 6.19. The van der Waals surface area contributed by atoms with Crippen molar-refractivity contribution < 1.29 is 13.5 Å². The molecule has 1 rings (SSSR count). The lowest BCUT2D eigenvalue weighted by atomic mass is 10.2. The van der Waals surface area contributed by atoms with E-state index in [1.165, 1.54) is 18.2 Å². The van der Waals surface area contributed by atoms with Crippen molar-refractivity contribution in [3.63, 3.8) is 0 Å². The van der Waals surface area contributed by atoms with Gasteiger partial charge < -0.3 is 4.74 Å². The minimum Gasteiger partial charge on any atom is -0.490 e. The summed E-state index contributed by atoms with van der Waals surface area (Å²) < 4.78 is 29.8. The monoisotopic (exact) mass is 230 g/mol. The summed E-state index contributed by atoms with van der Waals surface area (Å²) in [6.45, 7) is -0.666. The van der Waals surface area contributed by atoms with Crippen LogP contribution >= 0.6 is 11.6 Å². The minimum absolute atomic E-state index is 0.0683. The van der Waals surface area contributed by atoms with Gasteiger partial charge in [-0.05, 0) is 18.2 Å². The normalized spacial score (nSPS) is 9.27. The summed E-state index contributed by atoms with van der Waals surface area (Å²) in [5, 5.41) is 0. The highest BCUT2D eigenvalue weighted by Crippen LogP contribution is 2.18. The molecule has 0 radical (unpaired) electrons. The summed E-state index contributed by atoms with van der Waals surface area (Å²) in [7, 11) is 0. The smallest absolute Gasteiger partial charge is 0.135 e. The van der Waals surface area contributed by atoms with E-state index < -0.39 is 12.5 Å². The maximum absolute atomic E-state index is 12.9. The molecule has 0 fully saturated rings. The summed E-state index contributed by atoms with van der Waals surface area (Å²) in [4.78, 5) is 0. The maximum Gasteiger partial charge on any atom is 0.135 e. The van der Waals surface area contributed by atoms with Crippen LogP contribution in [0.2, 0.25) is 0 Å². The Balaban J connectivity index is 2.92. The molecule has 80 valence electrons. The molecule has 15 heavy (non-hydrogen) atoms. The van der Waals surface area contributed by atoms with Crippen LogP contribution in [-0.4, -0.2) is 19.2 Å². The Kier molecular flexibility index (Phi) is 4.92. The molecule has 0 N–H and O–H groups in total. The van der Waals surface area contributed by atoms with Crippen molar-refractivity contribution in [1.29, 1.82) is 0 Å². The minimum atomic E-state index is -0.597. The number of halogens is 3. The molecule has 1 aromatic rings. The average Bonchev–Trinajstić information content (AvgIpc) is 2.25. The molecule has 0 spiro atoms. The molecule has 0 atom stereocenters. The van der Waals surface area contributed by atoms with Gasteiger partial charge in [0.15, 0.2) is 0 Å². The fraction of sp³-hybridized carbons (Fsp3) is 0.273. The van der Waals surface area contributed by atoms with Gasteiger partial charge in [0.25, 0.3) is 0 Å². The Labute approximate surface area is 92.0 Å². The molecule has 0 amide bonds. The fourth-order valence-electron chi connectivity index (χ4n) is 1.00. The van der Waals surface area contributed by atoms with Crippen molar-refractivity contribution in [2.75, 3.05) is 19.2 Å². The number of hydrogen-bond donors (Lipinski definition) is 0. The van der Waals surface area contributed by atoms with E-state index in [0.29, 0.717) is 11.3 Å². The molecule has 1 nitrogen and oxygen atoms in total. The van der Waals surface area contributed by atoms with E-state index in [4.69, 9.17) is 16.3 Å². The van der Waals surface area contributed by atoms with Gasteiger partial charge in [-0.25, -0.2) is 8.78 Å². The van der Waals surface area contributed by atoms with E-state index in [2.05, 4.69) is 11.8 Å². The van der Waals surface area contributed by atoms with Crippen molar-refractivity contribution in [2.24, 2.45) is 0 Å². The quantitative estimate of drug-likeness (QED) is 0.573. The van der Waals surface area contributed by atoms with E-state index in [1.807, 2.05) is 0 Å². The Morgan fingerprint density at radius 2 is 2.20 bits per heavy atom. The standard InChI is InChI=1S/C11H9ClF2O/c12-5-1-2-9-8-10(14)3-4-11(9)15-7-6-13/h3-4,8H,5-7H2. The van der Waals surface area contributed by atoms with Crippen LogP contribution in [0.3, 0.4) is 0 Å². The Hall–Kier alpha value is -1.27. The Morgan fingerprint density at radius 3 is 2.87 bits per heavy atom. The first-order valence-corrected chi connectivity index (χ1v) is 4.84. The van der Waals surface area contributed by atoms with Crippen LogP contribution in [0.5, 0.6) is 5.75 Å². The highest BCUT2D eigenvalue weighted by atomic mass is 35.5. The zero-order valence-electron chi connectivity index (χ0n) is 7.90. The van der Waals surface area contributed by atoms with Crippen LogP contribution in [0.1, 0.15) is 5.56 Å². The third kappa shape index (κ3) is 3.77. The second-order valence-corrected chi connectivity index (χ2v) is 2.88. The molecule has 4 heteroatoms. The van der Waals surface area contributed by atoms with Gasteiger partial charge in [0.05, 0.1) is 11.4 Å². The van der Waals surface area contributed by atoms with Gasteiger partial charge in [0.1, 0.15) is 24.8 Å². The molecular formula is C11H9ClF2O. The van der Waals surface area contributed by atoms with E-state index >= 15 is 0 Å². The zero-order valence-corrected chi connectivity index (χ0v) is 8.65. The predicted molar refractivity (Wildman–Crippen MR) is 55.5 cm³/mol. The van der Waals surface area contributed by atoms with Crippen LogP contribution in [0.25, 0.3) is 0 Å². The van der Waals surface area contributed by atoms with Crippen LogP contribution in [0.15, 0.2) is 18.2 Å². The number of rotatable bonds is 3. The molecule has 0 unspecified atom stereocenters. The Morgan fingerprint density at radius 1 is 1.40 bits per heavy atom. The fourth-order valence-corrected chi connectivity index (χ4v) is 1.07. The van der Waals surface area contributed by atoms with Crippen molar-refractivity contribution in [2.45, 2.75) is 0 Å². The lowest BCUT2D eigenvalue weighted by Crippen LogP contribution is -2.00. The second-order valence-electron chi connectivity index (χ2n) is 2.61. The average molecular weight is 231 g/mol. The van der Waals surface area contributed by atoms with E-state index in [0.717, 1.165) is 0 Å². The van der Waals surface area contributed by atoms with Crippen LogP contribution in [0, 0.1) is 17.7 Å². The number of hydrogen-bond acceptors (Lipinski definition) is 1. The third-order valence-corrected chi connectivity index (χ3v) is 1.70. The lowest BCUT2D eigenvalue weighted by molar-refractivity contribution is 0.272. The molecule has 0 heterocycles. The van der Waals surface area contributed by atoms with Crippen molar-refractivity contribution in [3.8, 4) is 17.6 Å². The number of alkyl halides is 2. The third-order valence-electron chi connectivity index (χ3n) is 1.57. The second kappa shape index (κ2) is 6.26. The summed E-state index contributed by atoms with van der Waals surface area (Å²) in [6, 6.07) is 3.88. The van der Waals surface area contributed by atoms with E-state index in [9.17, 15) is 8.78 Å². The topological polar surface area (TPSA) is 9.23 Å². The molecule has 0 aliphatic carbocycles. The van der Waals surface area contributed by atoms with Crippen molar-refractivity contribution >= 4 is 11.6 Å². The largest absolute Gasteiger partial charge is 0.490 e. The molecule has 0 bridgehead atoms. The molecule has 0 aliphatic heterocycles. The number of benzene rings is 1. The summed E-state index contributed by atoms with van der Waals surface area (Å²) in [5.74, 6) is 5.33. The highest BCUT2D eigenvalue weighted by Gasteiger charge is 2.02. The lowest BCUT2D eigenvalue weighted by Gasteiger charge is -2.05. The van der Waals surface area contributed by atoms with Gasteiger partial charge in [0.2, 0.25) is 0 Å². The van der Waals surface area contributed by atoms with Gasteiger partial charge in [-0.1, -0.05) is 11.8 Å². The Bertz CT molecular complexity index is 382. The molecule has 1 aromatic carbocycles. The van der Waals surface area contributed by atoms with E-state index in [1.54, 1.807) is 0 Å². The SMILES string of the molecule is FCCOc1ccc(F)cc1C#CCCl. The molecule has 0 aromatic heterocycles. The number of ether oxygens (including phenoxy) is 1. The summed E-state index contributed by atoms with van der Waals surface area (Å²) >= 11 is 5.38. The van der Waals surface area contributed by atoms with Crippen LogP contribution in [-0.2, 0) is 0 Å². The molecular weight excluding hydrogens is 222 g/mol. The van der Waals surface area contributed by atoms with Gasteiger partial charge in [-0.3, -0.25) is 0 Å². The predicted octanol–water partition coefficient (Wildman–Crippen LogP) is 2.76. The van der Waals surface area contributed by atoms with Gasteiger partial charge in [-0.15, -0.1) is 11.6 Å². The first-order chi connectivity index (χ1) is 7.27. The van der Waals surface area contributed by atoms with Crippen molar-refractivity contribution in [3.05, 3.63) is 29.6 Å². The first-order valence-electron chi connectivity index (χ1n) is 4.31. The van der Waals surface area contributed by atoms with Gasteiger partial charge in [0, 0.05) is 0 Å². The van der Waals surface area contributed by atoms with Gasteiger partial charge >= 0.3 is 0 Å². The molecule has 0 aliphatic rings. The van der Waals surface area contributed by atoms with Crippen LogP contribution in [0.4, 0.5) is 8.78 Å². The first kappa shape index (κ1) is 11.8. The van der Waals surface area contributed by atoms with E-state index in [-0.39, 0.29) is 12.5 Å². The van der Waals surface area contributed by atoms with Crippen LogP contribution < -0.4 is 4.74 Å². The van der Waals surface area contributed by atoms with Crippen molar-refractivity contribution in [1.82, 2.24) is 0 Å². The summed E-state index contributed by atoms with van der Waals surface area (Å²) in [6.07, 6.45) is 0. The van der Waals surface area contributed by atoms with Gasteiger partial charge in [-0.2, -0.15) is 0 Å². The zero-order chi connectivity index (χ0) is 11.1. The maximum atomic E-state index is 12.9. The summed E-state index contributed by atoms with van der Waals surface area (Å²) in [5.41, 5.74) is 0.379. The molecule has 0 saturated heterocycles.